The Kier molecular flexibility index (Phi) is 6.49. The number of thioether (sulfide) groups is 1. The molecule has 1 saturated carbocycles. The standard InChI is InChI=1S/C15H30N4S/c1-3-8-17-14(16-2)18-13-15(6-4-5-7-15)19-9-11-20-12-10-19/h3-13H2,1-2H3,(H2,16,17,18). The summed E-state index contributed by atoms with van der Waals surface area (Å²) in [6, 6.07) is 0. The van der Waals surface area contributed by atoms with Crippen molar-refractivity contribution >= 4 is 17.7 Å². The van der Waals surface area contributed by atoms with Crippen molar-refractivity contribution < 1.29 is 0 Å². The van der Waals surface area contributed by atoms with Gasteiger partial charge in [0, 0.05) is 50.3 Å². The number of nitrogens with one attached hydrogen (secondary N) is 2. The van der Waals surface area contributed by atoms with Gasteiger partial charge < -0.3 is 10.6 Å². The average Bonchev–Trinajstić information content (AvgIpc) is 2.98. The van der Waals surface area contributed by atoms with E-state index in [0.717, 1.165) is 25.5 Å². The molecule has 1 heterocycles. The molecule has 0 bridgehead atoms. The van der Waals surface area contributed by atoms with Crippen LogP contribution in [0.3, 0.4) is 0 Å². The maximum absolute atomic E-state index is 4.33. The van der Waals surface area contributed by atoms with Gasteiger partial charge in [0.25, 0.3) is 0 Å². The Morgan fingerprint density at radius 2 is 1.90 bits per heavy atom. The van der Waals surface area contributed by atoms with Crippen LogP contribution < -0.4 is 10.6 Å². The molecule has 0 aromatic carbocycles. The first kappa shape index (κ1) is 16.0. The van der Waals surface area contributed by atoms with Crippen molar-refractivity contribution in [2.45, 2.75) is 44.6 Å². The van der Waals surface area contributed by atoms with Crippen LogP contribution in [0.5, 0.6) is 0 Å². The lowest BCUT2D eigenvalue weighted by atomic mass is 9.94. The molecule has 1 saturated heterocycles. The van der Waals surface area contributed by atoms with Crippen molar-refractivity contribution in [2.75, 3.05) is 44.7 Å². The van der Waals surface area contributed by atoms with E-state index in [1.54, 1.807) is 0 Å². The van der Waals surface area contributed by atoms with Crippen molar-refractivity contribution in [3.63, 3.8) is 0 Å². The maximum atomic E-state index is 4.33. The molecule has 4 nitrogen and oxygen atoms in total. The summed E-state index contributed by atoms with van der Waals surface area (Å²) >= 11 is 2.10. The van der Waals surface area contributed by atoms with E-state index in [2.05, 4.69) is 39.2 Å². The maximum Gasteiger partial charge on any atom is 0.191 e. The molecule has 0 unspecified atom stereocenters. The summed E-state index contributed by atoms with van der Waals surface area (Å²) in [5.74, 6) is 3.55. The van der Waals surface area contributed by atoms with Gasteiger partial charge in [0.2, 0.25) is 0 Å². The number of hydrogen-bond donors (Lipinski definition) is 2. The number of guanidine groups is 1. The summed E-state index contributed by atoms with van der Waals surface area (Å²) in [6.45, 7) is 6.74. The summed E-state index contributed by atoms with van der Waals surface area (Å²) in [4.78, 5) is 7.08. The van der Waals surface area contributed by atoms with E-state index in [9.17, 15) is 0 Å². The second-order valence-electron chi connectivity index (χ2n) is 5.88. The van der Waals surface area contributed by atoms with E-state index in [0.29, 0.717) is 5.54 Å². The molecule has 2 N–H and O–H groups in total. The van der Waals surface area contributed by atoms with Gasteiger partial charge in [-0.3, -0.25) is 9.89 Å². The highest BCUT2D eigenvalue weighted by molar-refractivity contribution is 7.99. The normalized spacial score (nSPS) is 23.8. The van der Waals surface area contributed by atoms with Crippen LogP contribution in [0.2, 0.25) is 0 Å². The van der Waals surface area contributed by atoms with E-state index >= 15 is 0 Å². The van der Waals surface area contributed by atoms with E-state index in [-0.39, 0.29) is 0 Å². The first-order valence-electron chi connectivity index (χ1n) is 8.08. The van der Waals surface area contributed by atoms with E-state index in [4.69, 9.17) is 0 Å². The van der Waals surface area contributed by atoms with Crippen LogP contribution in [0.1, 0.15) is 39.0 Å². The summed E-state index contributed by atoms with van der Waals surface area (Å²) in [5.41, 5.74) is 0.380. The number of aliphatic imine (C=N–C) groups is 1. The van der Waals surface area contributed by atoms with Gasteiger partial charge >= 0.3 is 0 Å². The molecule has 0 aromatic rings. The Balaban J connectivity index is 1.91. The van der Waals surface area contributed by atoms with Crippen molar-refractivity contribution in [1.82, 2.24) is 15.5 Å². The third-order valence-electron chi connectivity index (χ3n) is 4.57. The fraction of sp³-hybridized carbons (Fsp3) is 0.933. The second-order valence-corrected chi connectivity index (χ2v) is 7.11. The molecule has 0 aromatic heterocycles. The molecule has 0 atom stereocenters. The van der Waals surface area contributed by atoms with E-state index in [1.165, 1.54) is 50.3 Å². The Labute approximate surface area is 128 Å². The lowest BCUT2D eigenvalue weighted by Gasteiger charge is -2.43. The van der Waals surface area contributed by atoms with Crippen LogP contribution in [0.15, 0.2) is 4.99 Å². The fourth-order valence-electron chi connectivity index (χ4n) is 3.39. The number of hydrogen-bond acceptors (Lipinski definition) is 3. The smallest absolute Gasteiger partial charge is 0.191 e. The summed E-state index contributed by atoms with van der Waals surface area (Å²) < 4.78 is 0. The number of rotatable bonds is 5. The van der Waals surface area contributed by atoms with Crippen molar-refractivity contribution in [1.29, 1.82) is 0 Å². The zero-order valence-corrected chi connectivity index (χ0v) is 13.9. The van der Waals surface area contributed by atoms with Crippen LogP contribution >= 0.6 is 11.8 Å². The number of nitrogens with zero attached hydrogens (tertiary/aromatic N) is 2. The average molecular weight is 299 g/mol. The Morgan fingerprint density at radius 1 is 1.20 bits per heavy atom. The minimum atomic E-state index is 0.380. The van der Waals surface area contributed by atoms with Gasteiger partial charge in [-0.05, 0) is 19.3 Å². The molecule has 116 valence electrons. The summed E-state index contributed by atoms with van der Waals surface area (Å²) in [6.07, 6.45) is 6.58. The van der Waals surface area contributed by atoms with Crippen LogP contribution in [0.4, 0.5) is 0 Å². The molecule has 1 aliphatic heterocycles. The summed E-state index contributed by atoms with van der Waals surface area (Å²) in [7, 11) is 1.86. The quantitative estimate of drug-likeness (QED) is 0.601. The highest BCUT2D eigenvalue weighted by Gasteiger charge is 2.39. The molecule has 20 heavy (non-hydrogen) atoms. The lowest BCUT2D eigenvalue weighted by Crippen LogP contribution is -2.57. The molecule has 0 radical (unpaired) electrons. The third-order valence-corrected chi connectivity index (χ3v) is 5.51. The molecule has 0 spiro atoms. The van der Waals surface area contributed by atoms with Gasteiger partial charge in [-0.1, -0.05) is 19.8 Å². The molecule has 1 aliphatic carbocycles. The largest absolute Gasteiger partial charge is 0.356 e. The van der Waals surface area contributed by atoms with Crippen LogP contribution in [0.25, 0.3) is 0 Å². The van der Waals surface area contributed by atoms with E-state index in [1.807, 2.05) is 7.05 Å². The topological polar surface area (TPSA) is 39.7 Å². The summed E-state index contributed by atoms with van der Waals surface area (Å²) in [5, 5.41) is 6.95. The molecular formula is C15H30N4S. The van der Waals surface area contributed by atoms with Crippen molar-refractivity contribution in [2.24, 2.45) is 4.99 Å². The first-order chi connectivity index (χ1) is 9.80. The van der Waals surface area contributed by atoms with Crippen molar-refractivity contribution in [3.8, 4) is 0 Å². The second kappa shape index (κ2) is 8.13. The predicted molar refractivity (Wildman–Crippen MR) is 89.8 cm³/mol. The molecule has 0 amide bonds. The fourth-order valence-corrected chi connectivity index (χ4v) is 4.29. The zero-order valence-electron chi connectivity index (χ0n) is 13.1. The SMILES string of the molecule is CCCNC(=NC)NCC1(N2CCSCC2)CCCC1. The van der Waals surface area contributed by atoms with Gasteiger partial charge in [0.05, 0.1) is 0 Å². The molecule has 5 heteroatoms. The van der Waals surface area contributed by atoms with Gasteiger partial charge in [-0.2, -0.15) is 11.8 Å². The van der Waals surface area contributed by atoms with E-state index < -0.39 is 0 Å². The molecular weight excluding hydrogens is 268 g/mol. The zero-order chi connectivity index (χ0) is 14.3. The highest BCUT2D eigenvalue weighted by Crippen LogP contribution is 2.36. The minimum Gasteiger partial charge on any atom is -0.356 e. The van der Waals surface area contributed by atoms with Gasteiger partial charge in [0.1, 0.15) is 0 Å². The Morgan fingerprint density at radius 3 is 2.50 bits per heavy atom. The Hall–Kier alpha value is -0.420. The Bertz CT molecular complexity index is 307. The van der Waals surface area contributed by atoms with Crippen LogP contribution in [-0.4, -0.2) is 61.1 Å². The molecule has 2 fully saturated rings. The van der Waals surface area contributed by atoms with Gasteiger partial charge in [-0.15, -0.1) is 0 Å². The van der Waals surface area contributed by atoms with Crippen LogP contribution in [0, 0.1) is 0 Å². The predicted octanol–water partition coefficient (Wildman–Crippen LogP) is 1.92. The molecule has 2 rings (SSSR count). The van der Waals surface area contributed by atoms with Crippen molar-refractivity contribution in [3.05, 3.63) is 0 Å². The van der Waals surface area contributed by atoms with Gasteiger partial charge in [-0.25, -0.2) is 0 Å². The minimum absolute atomic E-state index is 0.380. The lowest BCUT2D eigenvalue weighted by molar-refractivity contribution is 0.107. The monoisotopic (exact) mass is 298 g/mol. The first-order valence-corrected chi connectivity index (χ1v) is 9.23. The molecule has 2 aliphatic rings. The van der Waals surface area contributed by atoms with Gasteiger partial charge in [0.15, 0.2) is 5.96 Å². The third kappa shape index (κ3) is 4.04. The van der Waals surface area contributed by atoms with Crippen LogP contribution in [-0.2, 0) is 0 Å². The highest BCUT2D eigenvalue weighted by atomic mass is 32.2.